The van der Waals surface area contributed by atoms with Gasteiger partial charge in [-0.3, -0.25) is 57.5 Å². The Morgan fingerprint density at radius 3 is 1.34 bits per heavy atom. The molecule has 3 aliphatic carbocycles. The lowest BCUT2D eigenvalue weighted by Crippen LogP contribution is -2.41. The normalized spacial score (nSPS) is 18.7. The highest BCUT2D eigenvalue weighted by Gasteiger charge is 2.38. The van der Waals surface area contributed by atoms with Crippen LogP contribution in [0, 0.1) is 0 Å². The third kappa shape index (κ3) is 16.2. The standard InChI is InChI=1S/C65H66N22O13P2S3/c1-35(37-8-10-49(67-19-37)58-52(27-85(80-58)43-13-42(14-43)82(3)4)74-60(88)54-30-103-63(76-54)39-21-69-70-22-39)100-47-17-45(18-47)87-29-53(75-62(90)56-32-105-65(78-56)41-24-72-84(26-41)34-98-102(94,95)96)59(81-87)50-11-9-38(20-68-50)36(2)99-46-15-44(16-46)86-28-51(57(79-86)48-7-5-6-12-66-48)73-61(89)55-31-104-64(77-55)40-23-71-83(25-40)33-97-101(91,92)93/h5-12,19-32,35-36,42-47H,13-18,33-34H2,1-4H3,(H,69,70)(H,73,89)(H,74,88)(H,75,90)(H2,91,92,93)(H2,94,95,96)/t35?,36?,42-,43+,44-,45-,46+,47+. The molecule has 0 bridgehead atoms. The number of phosphoric ester groups is 2. The number of aromatic amines is 1. The summed E-state index contributed by atoms with van der Waals surface area (Å²) in [6, 6.07) is 13.4. The van der Waals surface area contributed by atoms with Crippen LogP contribution in [0.3, 0.4) is 0 Å². The van der Waals surface area contributed by atoms with Gasteiger partial charge in [-0.1, -0.05) is 18.2 Å². The Kier molecular flexibility index (Phi) is 19.9. The van der Waals surface area contributed by atoms with Crippen LogP contribution in [0.1, 0.15) is 125 Å². The largest absolute Gasteiger partial charge is 0.471 e. The summed E-state index contributed by atoms with van der Waals surface area (Å²) < 4.78 is 52.8. The predicted molar refractivity (Wildman–Crippen MR) is 382 cm³/mol. The minimum atomic E-state index is -4.75. The number of aromatic nitrogens is 18. The number of pyridine rings is 3. The number of carbonyl (C=O) groups is 3. The zero-order valence-electron chi connectivity index (χ0n) is 56.1. The van der Waals surface area contributed by atoms with Gasteiger partial charge in [0.1, 0.15) is 49.2 Å². The first-order chi connectivity index (χ1) is 50.5. The molecule has 0 aromatic carbocycles. The smallest absolute Gasteiger partial charge is 0.370 e. The zero-order chi connectivity index (χ0) is 72.8. The van der Waals surface area contributed by atoms with Gasteiger partial charge in [-0.05, 0) is 102 Å². The van der Waals surface area contributed by atoms with Crippen molar-refractivity contribution in [2.24, 2.45) is 0 Å². The maximum absolute atomic E-state index is 14.1. The van der Waals surface area contributed by atoms with Crippen LogP contribution in [0.25, 0.3) is 65.9 Å². The van der Waals surface area contributed by atoms with E-state index in [9.17, 15) is 33.3 Å². The second-order valence-electron chi connectivity index (χ2n) is 25.6. The second-order valence-corrected chi connectivity index (χ2v) is 30.6. The molecule has 8 N–H and O–H groups in total. The first-order valence-electron chi connectivity index (χ1n) is 32.9. The number of H-pyrrole nitrogens is 1. The highest BCUT2D eigenvalue weighted by Crippen LogP contribution is 2.44. The highest BCUT2D eigenvalue weighted by molar-refractivity contribution is 7.46. The fraction of sp³-hybridized carbons (Fsp3) is 0.308. The molecular weight excluding hydrogens is 1460 g/mol. The summed E-state index contributed by atoms with van der Waals surface area (Å²) in [5.41, 5.74) is 8.29. The molecule has 3 saturated carbocycles. The maximum Gasteiger partial charge on any atom is 0.471 e. The van der Waals surface area contributed by atoms with Crippen molar-refractivity contribution in [2.45, 2.75) is 114 Å². The summed E-state index contributed by atoms with van der Waals surface area (Å²) in [5.74, 6) is -1.38. The average Bonchev–Trinajstić information content (AvgIpc) is 1.67. The molecule has 3 aliphatic rings. The van der Waals surface area contributed by atoms with E-state index in [4.69, 9.17) is 44.5 Å². The molecule has 12 aromatic rings. The molecule has 0 radical (unpaired) electrons. The van der Waals surface area contributed by atoms with Crippen LogP contribution in [-0.2, 0) is 41.1 Å². The number of ether oxygens (including phenoxy) is 2. The van der Waals surface area contributed by atoms with Crippen LogP contribution in [0.15, 0.2) is 133 Å². The molecule has 542 valence electrons. The fourth-order valence-electron chi connectivity index (χ4n) is 12.1. The van der Waals surface area contributed by atoms with E-state index in [-0.39, 0.29) is 65.5 Å². The van der Waals surface area contributed by atoms with Crippen molar-refractivity contribution in [1.29, 1.82) is 0 Å². The molecule has 0 aliphatic heterocycles. The lowest BCUT2D eigenvalue weighted by Gasteiger charge is -2.39. The number of anilines is 3. The highest BCUT2D eigenvalue weighted by atomic mass is 32.1. The molecule has 35 nitrogen and oxygen atoms in total. The molecule has 0 saturated heterocycles. The number of hydrogen-bond acceptors (Lipinski definition) is 25. The Hall–Kier alpha value is -9.89. The van der Waals surface area contributed by atoms with Crippen molar-refractivity contribution in [3.63, 3.8) is 0 Å². The summed E-state index contributed by atoms with van der Waals surface area (Å²) in [5, 5.41) is 45.4. The predicted octanol–water partition coefficient (Wildman–Crippen LogP) is 10.1. The Bertz CT molecular complexity index is 5200. The molecule has 12 heterocycles. The topological polar surface area (TPSA) is 438 Å². The van der Waals surface area contributed by atoms with E-state index < -0.39 is 40.9 Å². The molecule has 105 heavy (non-hydrogen) atoms. The summed E-state index contributed by atoms with van der Waals surface area (Å²) >= 11 is 3.73. The molecule has 2 atom stereocenters. The lowest BCUT2D eigenvalue weighted by atomic mass is 9.86. The molecule has 0 spiro atoms. The van der Waals surface area contributed by atoms with E-state index >= 15 is 0 Å². The number of amides is 3. The van der Waals surface area contributed by atoms with Gasteiger partial charge < -0.3 is 49.9 Å². The van der Waals surface area contributed by atoms with Crippen LogP contribution in [0.5, 0.6) is 0 Å². The SMILES string of the molecule is CC(O[C@H]1C[C@@H](n2cc(NC(=O)c3csc(-c4cnn(COP(=O)(O)O)c4)n3)c(-c3ccccn3)n2)C1)c1ccc(-c2nn([C@H]3C[C@@H](OC(C)c4ccc(-c5nn([C@H]6C[C@@H](N(C)C)C6)cc5NC(=O)c5csc(-c6cn[nH]c6)n5)nc4)C3)cc2NC(=O)c2csc(-c3cnn(COP(=O)(O)O)c3)n2)nc1. The van der Waals surface area contributed by atoms with Gasteiger partial charge in [0.25, 0.3) is 17.7 Å². The van der Waals surface area contributed by atoms with E-state index in [0.717, 1.165) is 29.5 Å². The third-order valence-electron chi connectivity index (χ3n) is 18.2. The van der Waals surface area contributed by atoms with Gasteiger partial charge in [0.15, 0.2) is 13.5 Å². The van der Waals surface area contributed by atoms with Crippen LogP contribution in [0.4, 0.5) is 17.1 Å². The van der Waals surface area contributed by atoms with Crippen LogP contribution in [-0.4, -0.2) is 164 Å². The van der Waals surface area contributed by atoms with Gasteiger partial charge in [0.2, 0.25) is 0 Å². The number of phosphoric acid groups is 2. The van der Waals surface area contributed by atoms with E-state index in [1.165, 1.54) is 68.2 Å². The van der Waals surface area contributed by atoms with Crippen molar-refractivity contribution in [3.8, 4) is 65.9 Å². The van der Waals surface area contributed by atoms with E-state index in [2.05, 4.69) is 84.3 Å². The fourth-order valence-corrected chi connectivity index (χ4v) is 15.0. The summed E-state index contributed by atoms with van der Waals surface area (Å²) in [6.45, 7) is 2.94. The monoisotopic (exact) mass is 1520 g/mol. The van der Waals surface area contributed by atoms with Crippen molar-refractivity contribution in [1.82, 2.24) is 93.9 Å². The molecule has 2 unspecified atom stereocenters. The van der Waals surface area contributed by atoms with Crippen molar-refractivity contribution in [2.75, 3.05) is 30.0 Å². The van der Waals surface area contributed by atoms with E-state index in [1.807, 2.05) is 64.4 Å². The number of thiazole rings is 3. The first kappa shape index (κ1) is 70.8. The van der Waals surface area contributed by atoms with Crippen LogP contribution < -0.4 is 16.0 Å². The Balaban J connectivity index is 0.603. The van der Waals surface area contributed by atoms with Gasteiger partial charge >= 0.3 is 15.6 Å². The Morgan fingerprint density at radius 2 is 0.971 bits per heavy atom. The molecule has 3 amide bonds. The minimum Gasteiger partial charge on any atom is -0.370 e. The van der Waals surface area contributed by atoms with E-state index in [1.54, 1.807) is 71.7 Å². The summed E-state index contributed by atoms with van der Waals surface area (Å²) in [6.07, 6.45) is 23.1. The number of carbonyl (C=O) groups excluding carboxylic acids is 3. The second kappa shape index (κ2) is 29.6. The first-order valence-corrected chi connectivity index (χ1v) is 38.6. The quantitative estimate of drug-likeness (QED) is 0.0211. The minimum absolute atomic E-state index is 0.0698. The van der Waals surface area contributed by atoms with Crippen molar-refractivity contribution < 1.29 is 61.6 Å². The van der Waals surface area contributed by atoms with Gasteiger partial charge in [-0.15, -0.1) is 34.0 Å². The van der Waals surface area contributed by atoms with Gasteiger partial charge in [-0.25, -0.2) is 33.4 Å². The number of hydrogen-bond donors (Lipinski definition) is 8. The summed E-state index contributed by atoms with van der Waals surface area (Å²) in [7, 11) is -5.33. The number of nitrogens with one attached hydrogen (secondary N) is 4. The Labute approximate surface area is 608 Å². The van der Waals surface area contributed by atoms with Crippen molar-refractivity contribution in [3.05, 3.63) is 161 Å². The molecule has 3 fully saturated rings. The molecule has 12 aromatic heterocycles. The number of nitrogens with zero attached hydrogens (tertiary/aromatic N) is 18. The van der Waals surface area contributed by atoms with Gasteiger partial charge in [0.05, 0.1) is 95.3 Å². The lowest BCUT2D eigenvalue weighted by molar-refractivity contribution is -0.0688. The van der Waals surface area contributed by atoms with Crippen molar-refractivity contribution >= 4 is 84.4 Å². The molecule has 15 rings (SSSR count). The molecular formula is C65H66N22O13P2S3. The average molecular weight is 1520 g/mol. The Morgan fingerprint density at radius 1 is 0.552 bits per heavy atom. The summed E-state index contributed by atoms with van der Waals surface area (Å²) in [4.78, 5) is 108. The van der Waals surface area contributed by atoms with Gasteiger partial charge in [0, 0.05) is 94.6 Å². The third-order valence-corrected chi connectivity index (χ3v) is 21.7. The zero-order valence-corrected chi connectivity index (χ0v) is 60.3. The van der Waals surface area contributed by atoms with E-state index in [0.29, 0.717) is 109 Å². The number of rotatable bonds is 28. The molecule has 40 heteroatoms. The van der Waals surface area contributed by atoms with Gasteiger partial charge in [-0.2, -0.15) is 30.6 Å². The van der Waals surface area contributed by atoms with Crippen LogP contribution >= 0.6 is 49.7 Å². The van der Waals surface area contributed by atoms with Crippen LogP contribution in [0.2, 0.25) is 0 Å². The maximum atomic E-state index is 14.1.